The van der Waals surface area contributed by atoms with Crippen molar-refractivity contribution in [2.45, 2.75) is 13.3 Å². The summed E-state index contributed by atoms with van der Waals surface area (Å²) >= 11 is 0. The molecule has 0 aromatic rings. The Hall–Kier alpha value is -1.77. The van der Waals surface area contributed by atoms with E-state index in [0.29, 0.717) is 0 Å². The predicted molar refractivity (Wildman–Crippen MR) is 74.6 cm³/mol. The van der Waals surface area contributed by atoms with Crippen LogP contribution < -0.4 is 0 Å². The Morgan fingerprint density at radius 1 is 1.44 bits per heavy atom. The lowest BCUT2D eigenvalue weighted by molar-refractivity contribution is 0.314. The van der Waals surface area contributed by atoms with Crippen LogP contribution in [0.25, 0.3) is 0 Å². The first-order chi connectivity index (χ1) is 8.58. The summed E-state index contributed by atoms with van der Waals surface area (Å²) in [5.41, 5.74) is 2.50. The second kappa shape index (κ2) is 4.84. The molecular formula is C15H20N2O. The van der Waals surface area contributed by atoms with Gasteiger partial charge in [0, 0.05) is 31.1 Å². The van der Waals surface area contributed by atoms with Crippen molar-refractivity contribution >= 4 is 6.21 Å². The minimum atomic E-state index is -0.102. The fourth-order valence-electron chi connectivity index (χ4n) is 2.55. The van der Waals surface area contributed by atoms with Gasteiger partial charge in [-0.1, -0.05) is 42.9 Å². The molecule has 18 heavy (non-hydrogen) atoms. The minimum absolute atomic E-state index is 0.102. The van der Waals surface area contributed by atoms with Crippen molar-refractivity contribution < 1.29 is 5.21 Å². The van der Waals surface area contributed by atoms with Crippen molar-refractivity contribution in [2.24, 2.45) is 16.5 Å². The fourth-order valence-corrected chi connectivity index (χ4v) is 2.55. The molecule has 2 aliphatic rings. The lowest BCUT2D eigenvalue weighted by Crippen LogP contribution is -2.28. The van der Waals surface area contributed by atoms with Crippen LogP contribution in [0.3, 0.4) is 0 Å². The van der Waals surface area contributed by atoms with Crippen molar-refractivity contribution in [1.82, 2.24) is 4.90 Å². The quantitative estimate of drug-likeness (QED) is 0.470. The van der Waals surface area contributed by atoms with Crippen molar-refractivity contribution in [3.63, 3.8) is 0 Å². The van der Waals surface area contributed by atoms with E-state index in [0.717, 1.165) is 6.42 Å². The summed E-state index contributed by atoms with van der Waals surface area (Å²) in [6, 6.07) is 0. The van der Waals surface area contributed by atoms with E-state index in [1.165, 1.54) is 11.3 Å². The molecule has 0 spiro atoms. The Morgan fingerprint density at radius 2 is 2.22 bits per heavy atom. The normalized spacial score (nSPS) is 30.7. The van der Waals surface area contributed by atoms with Crippen LogP contribution in [0.15, 0.2) is 52.9 Å². The zero-order valence-electron chi connectivity index (χ0n) is 11.2. The maximum absolute atomic E-state index is 8.80. The summed E-state index contributed by atoms with van der Waals surface area (Å²) in [6.07, 6.45) is 15.4. The van der Waals surface area contributed by atoms with Crippen molar-refractivity contribution in [3.8, 4) is 0 Å². The summed E-state index contributed by atoms with van der Waals surface area (Å²) < 4.78 is 0. The molecule has 96 valence electrons. The number of likely N-dealkylation sites (N-methyl/N-ethyl adjacent to an activating group) is 1. The molecule has 3 nitrogen and oxygen atoms in total. The Kier molecular flexibility index (Phi) is 3.41. The highest BCUT2D eigenvalue weighted by molar-refractivity contribution is 5.67. The highest BCUT2D eigenvalue weighted by Crippen LogP contribution is 2.43. The largest absolute Gasteiger partial charge is 0.411 e. The smallest absolute Gasteiger partial charge is 0.0516 e. The first kappa shape index (κ1) is 12.7. The standard InChI is InChI=1S/C15H20N2O/c1-15(9-5-4-6-13(15)11-16-18)12-7-8-14(10-12)17(2)3/h4-6,8-11,13,18H,7H2,1-3H3/b16-11+. The van der Waals surface area contributed by atoms with Gasteiger partial charge in [0.2, 0.25) is 0 Å². The van der Waals surface area contributed by atoms with Crippen LogP contribution in [0.5, 0.6) is 0 Å². The first-order valence-electron chi connectivity index (χ1n) is 6.20. The number of hydrogen-bond donors (Lipinski definition) is 1. The monoisotopic (exact) mass is 244 g/mol. The van der Waals surface area contributed by atoms with Crippen molar-refractivity contribution in [2.75, 3.05) is 14.1 Å². The van der Waals surface area contributed by atoms with E-state index in [9.17, 15) is 0 Å². The third kappa shape index (κ3) is 2.13. The SMILES string of the molecule is CN(C)C1=CCC(C2(C)C=CC=CC2/C=N/O)=C1. The van der Waals surface area contributed by atoms with E-state index in [2.05, 4.69) is 61.5 Å². The van der Waals surface area contributed by atoms with Crippen LogP contribution in [-0.2, 0) is 0 Å². The van der Waals surface area contributed by atoms with Gasteiger partial charge < -0.3 is 10.1 Å². The highest BCUT2D eigenvalue weighted by Gasteiger charge is 2.35. The lowest BCUT2D eigenvalue weighted by Gasteiger charge is -2.34. The van der Waals surface area contributed by atoms with Gasteiger partial charge in [0.05, 0.1) is 6.21 Å². The van der Waals surface area contributed by atoms with Gasteiger partial charge in [-0.25, -0.2) is 0 Å². The molecule has 0 fully saturated rings. The zero-order valence-corrected chi connectivity index (χ0v) is 11.2. The van der Waals surface area contributed by atoms with Gasteiger partial charge in [0.25, 0.3) is 0 Å². The molecule has 2 rings (SSSR count). The molecule has 0 saturated heterocycles. The van der Waals surface area contributed by atoms with Gasteiger partial charge in [-0.15, -0.1) is 5.16 Å². The van der Waals surface area contributed by atoms with Gasteiger partial charge in [-0.3, -0.25) is 0 Å². The van der Waals surface area contributed by atoms with Crippen LogP contribution in [0.2, 0.25) is 0 Å². The summed E-state index contributed by atoms with van der Waals surface area (Å²) in [6.45, 7) is 2.19. The lowest BCUT2D eigenvalue weighted by atomic mass is 9.69. The summed E-state index contributed by atoms with van der Waals surface area (Å²) in [7, 11) is 4.10. The average Bonchev–Trinajstić information content (AvgIpc) is 2.82. The first-order valence-corrected chi connectivity index (χ1v) is 6.20. The summed E-state index contributed by atoms with van der Waals surface area (Å²) in [4.78, 5) is 2.12. The van der Waals surface area contributed by atoms with E-state index in [1.54, 1.807) is 6.21 Å². The van der Waals surface area contributed by atoms with Crippen LogP contribution in [-0.4, -0.2) is 30.4 Å². The molecular weight excluding hydrogens is 224 g/mol. The maximum atomic E-state index is 8.80. The van der Waals surface area contributed by atoms with Gasteiger partial charge >= 0.3 is 0 Å². The number of oxime groups is 1. The Labute approximate surface area is 108 Å². The highest BCUT2D eigenvalue weighted by atomic mass is 16.4. The zero-order chi connectivity index (χ0) is 13.2. The fraction of sp³-hybridized carbons (Fsp3) is 0.400. The summed E-state index contributed by atoms with van der Waals surface area (Å²) in [5, 5.41) is 12.0. The molecule has 0 amide bonds. The predicted octanol–water partition coefficient (Wildman–Crippen LogP) is 2.97. The topological polar surface area (TPSA) is 35.8 Å². The molecule has 0 saturated carbocycles. The average molecular weight is 244 g/mol. The molecule has 0 heterocycles. The van der Waals surface area contributed by atoms with Crippen LogP contribution >= 0.6 is 0 Å². The summed E-state index contributed by atoms with van der Waals surface area (Å²) in [5.74, 6) is 0.105. The molecule has 0 aromatic carbocycles. The van der Waals surface area contributed by atoms with Gasteiger partial charge in [-0.05, 0) is 12.5 Å². The third-order valence-corrected chi connectivity index (χ3v) is 3.85. The Balaban J connectivity index is 2.29. The van der Waals surface area contributed by atoms with Crippen molar-refractivity contribution in [1.29, 1.82) is 0 Å². The van der Waals surface area contributed by atoms with Gasteiger partial charge in [0.1, 0.15) is 0 Å². The Morgan fingerprint density at radius 3 is 2.83 bits per heavy atom. The van der Waals surface area contributed by atoms with E-state index in [1.807, 2.05) is 6.08 Å². The molecule has 0 aromatic heterocycles. The molecule has 2 aliphatic carbocycles. The van der Waals surface area contributed by atoms with Gasteiger partial charge in [-0.2, -0.15) is 0 Å². The molecule has 0 bridgehead atoms. The molecule has 0 aliphatic heterocycles. The Bertz CT molecular complexity index is 469. The molecule has 3 heteroatoms. The van der Waals surface area contributed by atoms with E-state index in [4.69, 9.17) is 5.21 Å². The molecule has 2 unspecified atom stereocenters. The molecule has 2 atom stereocenters. The van der Waals surface area contributed by atoms with Crippen molar-refractivity contribution in [3.05, 3.63) is 47.7 Å². The van der Waals surface area contributed by atoms with Crippen LogP contribution in [0, 0.1) is 11.3 Å². The van der Waals surface area contributed by atoms with E-state index >= 15 is 0 Å². The third-order valence-electron chi connectivity index (χ3n) is 3.85. The second-order valence-corrected chi connectivity index (χ2v) is 5.21. The second-order valence-electron chi connectivity index (χ2n) is 5.21. The maximum Gasteiger partial charge on any atom is 0.0516 e. The number of nitrogens with zero attached hydrogens (tertiary/aromatic N) is 2. The number of hydrogen-bond acceptors (Lipinski definition) is 3. The van der Waals surface area contributed by atoms with Crippen LogP contribution in [0.1, 0.15) is 13.3 Å². The van der Waals surface area contributed by atoms with Gasteiger partial charge in [0.15, 0.2) is 0 Å². The van der Waals surface area contributed by atoms with E-state index < -0.39 is 0 Å². The number of rotatable bonds is 3. The van der Waals surface area contributed by atoms with E-state index in [-0.39, 0.29) is 11.3 Å². The number of allylic oxidation sites excluding steroid dienone is 7. The van der Waals surface area contributed by atoms with Crippen LogP contribution in [0.4, 0.5) is 0 Å². The molecule has 1 N–H and O–H groups in total. The minimum Gasteiger partial charge on any atom is -0.411 e. The molecule has 0 radical (unpaired) electrons.